The van der Waals surface area contributed by atoms with Gasteiger partial charge in [-0.2, -0.15) is 5.10 Å². The SMILES string of the molecule is NC(=O)c1nn(CCCCCO)cc1NC(=O)c1coc(-c2ccnc(NCC3CC3)c2)n1. The van der Waals surface area contributed by atoms with Crippen molar-refractivity contribution in [3.63, 3.8) is 0 Å². The smallest absolute Gasteiger partial charge is 0.277 e. The van der Waals surface area contributed by atoms with Crippen molar-refractivity contribution < 1.29 is 19.1 Å². The van der Waals surface area contributed by atoms with Crippen LogP contribution in [-0.2, 0) is 6.54 Å². The molecule has 1 saturated carbocycles. The number of hydrogen-bond donors (Lipinski definition) is 4. The number of primary amides is 1. The number of pyridine rings is 1. The van der Waals surface area contributed by atoms with Gasteiger partial charge in [0.2, 0.25) is 5.89 Å². The first-order chi connectivity index (χ1) is 16.0. The highest BCUT2D eigenvalue weighted by Crippen LogP contribution is 2.29. The average molecular weight is 454 g/mol. The summed E-state index contributed by atoms with van der Waals surface area (Å²) < 4.78 is 7.05. The number of nitrogens with one attached hydrogen (secondary N) is 2. The van der Waals surface area contributed by atoms with Crippen LogP contribution in [-0.4, -0.2) is 49.8 Å². The average Bonchev–Trinajstić information content (AvgIpc) is 3.34. The van der Waals surface area contributed by atoms with Gasteiger partial charge in [-0.05, 0) is 50.2 Å². The van der Waals surface area contributed by atoms with E-state index in [4.69, 9.17) is 15.3 Å². The lowest BCUT2D eigenvalue weighted by atomic mass is 10.2. The Morgan fingerprint density at radius 1 is 1.27 bits per heavy atom. The molecule has 1 aliphatic carbocycles. The van der Waals surface area contributed by atoms with Gasteiger partial charge in [-0.3, -0.25) is 14.3 Å². The molecule has 3 heterocycles. The van der Waals surface area contributed by atoms with E-state index in [0.717, 1.165) is 25.2 Å². The molecular formula is C22H27N7O4. The minimum Gasteiger partial charge on any atom is -0.444 e. The third kappa shape index (κ3) is 5.95. The van der Waals surface area contributed by atoms with E-state index >= 15 is 0 Å². The lowest BCUT2D eigenvalue weighted by Gasteiger charge is -2.04. The molecule has 0 radical (unpaired) electrons. The number of aliphatic hydroxyl groups excluding tert-OH is 1. The number of rotatable bonds is 12. The summed E-state index contributed by atoms with van der Waals surface area (Å²) in [6.45, 7) is 1.54. The Labute approximate surface area is 190 Å². The number of amides is 2. The molecule has 33 heavy (non-hydrogen) atoms. The minimum atomic E-state index is -0.747. The maximum atomic E-state index is 12.7. The number of aromatic nitrogens is 4. The largest absolute Gasteiger partial charge is 0.444 e. The quantitative estimate of drug-likeness (QED) is 0.304. The van der Waals surface area contributed by atoms with Crippen LogP contribution in [0.3, 0.4) is 0 Å². The van der Waals surface area contributed by atoms with Crippen molar-refractivity contribution in [2.75, 3.05) is 23.8 Å². The number of hydrogen-bond acceptors (Lipinski definition) is 8. The first-order valence-electron chi connectivity index (χ1n) is 11.0. The summed E-state index contributed by atoms with van der Waals surface area (Å²) in [6, 6.07) is 3.57. The highest BCUT2D eigenvalue weighted by atomic mass is 16.3. The van der Waals surface area contributed by atoms with E-state index < -0.39 is 11.8 Å². The number of anilines is 2. The molecule has 1 aliphatic rings. The molecule has 1 fully saturated rings. The fourth-order valence-electron chi connectivity index (χ4n) is 3.30. The normalized spacial score (nSPS) is 13.1. The summed E-state index contributed by atoms with van der Waals surface area (Å²) in [5.41, 5.74) is 6.33. The molecule has 2 amide bonds. The first-order valence-corrected chi connectivity index (χ1v) is 11.0. The molecule has 5 N–H and O–H groups in total. The van der Waals surface area contributed by atoms with Gasteiger partial charge < -0.3 is 25.9 Å². The molecule has 11 nitrogen and oxygen atoms in total. The van der Waals surface area contributed by atoms with Crippen LogP contribution in [0.4, 0.5) is 11.5 Å². The molecule has 174 valence electrons. The summed E-state index contributed by atoms with van der Waals surface area (Å²) in [5.74, 6) is 0.423. The van der Waals surface area contributed by atoms with Crippen molar-refractivity contribution in [2.45, 2.75) is 38.6 Å². The van der Waals surface area contributed by atoms with E-state index in [9.17, 15) is 9.59 Å². The Kier molecular flexibility index (Phi) is 6.98. The van der Waals surface area contributed by atoms with Crippen LogP contribution < -0.4 is 16.4 Å². The molecule has 0 aromatic carbocycles. The van der Waals surface area contributed by atoms with Gasteiger partial charge in [0, 0.05) is 37.7 Å². The van der Waals surface area contributed by atoms with E-state index in [2.05, 4.69) is 25.7 Å². The van der Waals surface area contributed by atoms with Crippen molar-refractivity contribution in [1.29, 1.82) is 0 Å². The van der Waals surface area contributed by atoms with E-state index in [1.165, 1.54) is 19.1 Å². The Morgan fingerprint density at radius 2 is 2.12 bits per heavy atom. The summed E-state index contributed by atoms with van der Waals surface area (Å²) in [6.07, 6.45) is 9.23. The number of oxazole rings is 1. The third-order valence-electron chi connectivity index (χ3n) is 5.30. The Bertz CT molecular complexity index is 1120. The number of nitrogens with zero attached hydrogens (tertiary/aromatic N) is 4. The third-order valence-corrected chi connectivity index (χ3v) is 5.30. The van der Waals surface area contributed by atoms with Crippen molar-refractivity contribution in [3.05, 3.63) is 42.2 Å². The summed E-state index contributed by atoms with van der Waals surface area (Å²) >= 11 is 0. The second kappa shape index (κ2) is 10.3. The van der Waals surface area contributed by atoms with Crippen LogP contribution in [0.2, 0.25) is 0 Å². The fourth-order valence-corrected chi connectivity index (χ4v) is 3.30. The van der Waals surface area contributed by atoms with E-state index in [-0.39, 0.29) is 29.6 Å². The van der Waals surface area contributed by atoms with E-state index in [0.29, 0.717) is 24.4 Å². The topological polar surface area (TPSA) is 161 Å². The minimum absolute atomic E-state index is 0.0326. The molecule has 4 rings (SSSR count). The van der Waals surface area contributed by atoms with Gasteiger partial charge in [0.1, 0.15) is 12.1 Å². The predicted octanol–water partition coefficient (Wildman–Crippen LogP) is 2.27. The number of aryl methyl sites for hydroxylation is 1. The first kappa shape index (κ1) is 22.5. The van der Waals surface area contributed by atoms with Gasteiger partial charge in [-0.25, -0.2) is 9.97 Å². The van der Waals surface area contributed by atoms with Crippen LogP contribution in [0.15, 0.2) is 35.2 Å². The zero-order chi connectivity index (χ0) is 23.2. The molecule has 3 aromatic rings. The zero-order valence-electron chi connectivity index (χ0n) is 18.2. The summed E-state index contributed by atoms with van der Waals surface area (Å²) in [7, 11) is 0. The number of carbonyl (C=O) groups is 2. The van der Waals surface area contributed by atoms with Crippen molar-refractivity contribution in [2.24, 2.45) is 11.7 Å². The van der Waals surface area contributed by atoms with Crippen LogP contribution in [0, 0.1) is 5.92 Å². The van der Waals surface area contributed by atoms with Crippen molar-refractivity contribution in [3.8, 4) is 11.5 Å². The lowest BCUT2D eigenvalue weighted by molar-refractivity contribution is 0.0995. The molecule has 0 saturated heterocycles. The predicted molar refractivity (Wildman–Crippen MR) is 121 cm³/mol. The molecular weight excluding hydrogens is 426 g/mol. The summed E-state index contributed by atoms with van der Waals surface area (Å²) in [4.78, 5) is 33.1. The number of carbonyl (C=O) groups excluding carboxylic acids is 2. The van der Waals surface area contributed by atoms with Crippen LogP contribution in [0.25, 0.3) is 11.5 Å². The van der Waals surface area contributed by atoms with Crippen LogP contribution >= 0.6 is 0 Å². The Hall–Kier alpha value is -3.73. The summed E-state index contributed by atoms with van der Waals surface area (Å²) in [5, 5.41) is 19.0. The van der Waals surface area contributed by atoms with Gasteiger partial charge in [0.25, 0.3) is 11.8 Å². The van der Waals surface area contributed by atoms with E-state index in [1.807, 2.05) is 6.07 Å². The Morgan fingerprint density at radius 3 is 2.88 bits per heavy atom. The highest BCUT2D eigenvalue weighted by Gasteiger charge is 2.22. The molecule has 11 heteroatoms. The molecule has 0 spiro atoms. The number of nitrogens with two attached hydrogens (primary N) is 1. The molecule has 0 bridgehead atoms. The van der Waals surface area contributed by atoms with Gasteiger partial charge in [-0.1, -0.05) is 0 Å². The standard InChI is InChI=1S/C22H27N7O4/c23-20(31)19-16(12-29(28-19)8-2-1-3-9-30)26-21(32)17-13-33-22(27-17)15-6-7-24-18(10-15)25-11-14-4-5-14/h6-7,10,12-14,30H,1-5,8-9,11H2,(H2,23,31)(H,24,25)(H,26,32). The molecule has 3 aromatic heterocycles. The van der Waals surface area contributed by atoms with Gasteiger partial charge in [-0.15, -0.1) is 0 Å². The molecule has 0 aliphatic heterocycles. The maximum Gasteiger partial charge on any atom is 0.277 e. The van der Waals surface area contributed by atoms with Gasteiger partial charge in [0.15, 0.2) is 11.4 Å². The Balaban J connectivity index is 1.42. The highest BCUT2D eigenvalue weighted by molar-refractivity contribution is 6.07. The fraction of sp³-hybridized carbons (Fsp3) is 0.409. The number of unbranched alkanes of at least 4 members (excludes halogenated alkanes) is 2. The van der Waals surface area contributed by atoms with Crippen molar-refractivity contribution in [1.82, 2.24) is 19.7 Å². The van der Waals surface area contributed by atoms with Crippen LogP contribution in [0.5, 0.6) is 0 Å². The molecule has 0 atom stereocenters. The van der Waals surface area contributed by atoms with Crippen molar-refractivity contribution >= 4 is 23.3 Å². The van der Waals surface area contributed by atoms with Crippen LogP contribution in [0.1, 0.15) is 53.1 Å². The van der Waals surface area contributed by atoms with E-state index in [1.54, 1.807) is 23.1 Å². The maximum absolute atomic E-state index is 12.7. The van der Waals surface area contributed by atoms with Gasteiger partial charge >= 0.3 is 0 Å². The lowest BCUT2D eigenvalue weighted by Crippen LogP contribution is -2.18. The second-order valence-corrected chi connectivity index (χ2v) is 8.05. The second-order valence-electron chi connectivity index (χ2n) is 8.05. The zero-order valence-corrected chi connectivity index (χ0v) is 18.2. The monoisotopic (exact) mass is 453 g/mol. The number of aliphatic hydroxyl groups is 1. The molecule has 0 unspecified atom stereocenters. The van der Waals surface area contributed by atoms with Gasteiger partial charge in [0.05, 0.1) is 5.69 Å².